The highest BCUT2D eigenvalue weighted by atomic mass is 35.5. The van der Waals surface area contributed by atoms with E-state index < -0.39 is 11.2 Å². The fourth-order valence-electron chi connectivity index (χ4n) is 4.35. The predicted octanol–water partition coefficient (Wildman–Crippen LogP) is 3.51. The monoisotopic (exact) mass is 415 g/mol. The van der Waals surface area contributed by atoms with Crippen molar-refractivity contribution in [2.75, 3.05) is 5.32 Å². The van der Waals surface area contributed by atoms with Gasteiger partial charge in [0.1, 0.15) is 0 Å². The molecule has 1 aliphatic rings. The fourth-order valence-corrected chi connectivity index (χ4v) is 4.54. The van der Waals surface area contributed by atoms with Crippen LogP contribution in [-0.4, -0.2) is 25.1 Å². The molecular formula is C21H26ClN5O2. The van der Waals surface area contributed by atoms with Gasteiger partial charge < -0.3 is 5.32 Å². The molecule has 1 saturated carbocycles. The first kappa shape index (κ1) is 19.8. The Hall–Kier alpha value is -2.54. The molecule has 0 bridgehead atoms. The molecule has 2 atom stereocenters. The number of rotatable bonds is 5. The van der Waals surface area contributed by atoms with Gasteiger partial charge in [-0.3, -0.25) is 18.9 Å². The zero-order valence-corrected chi connectivity index (χ0v) is 17.5. The Bertz CT molecular complexity index is 1150. The zero-order chi connectivity index (χ0) is 20.5. The second kappa shape index (κ2) is 8.06. The Morgan fingerprint density at radius 1 is 1.24 bits per heavy atom. The first-order valence-corrected chi connectivity index (χ1v) is 10.6. The lowest BCUT2D eigenvalue weighted by Crippen LogP contribution is -2.33. The van der Waals surface area contributed by atoms with E-state index in [9.17, 15) is 9.59 Å². The number of aromatic amines is 1. The van der Waals surface area contributed by atoms with E-state index in [1.54, 1.807) is 7.05 Å². The predicted molar refractivity (Wildman–Crippen MR) is 116 cm³/mol. The molecule has 0 saturated heterocycles. The Morgan fingerprint density at radius 2 is 2.00 bits per heavy atom. The van der Waals surface area contributed by atoms with Crippen LogP contribution in [0.3, 0.4) is 0 Å². The molecule has 2 N–H and O–H groups in total. The van der Waals surface area contributed by atoms with Crippen molar-refractivity contribution in [1.29, 1.82) is 0 Å². The third kappa shape index (κ3) is 3.71. The third-order valence-corrected chi connectivity index (χ3v) is 6.41. The zero-order valence-electron chi connectivity index (χ0n) is 16.7. The maximum atomic E-state index is 12.7. The van der Waals surface area contributed by atoms with Gasteiger partial charge in [-0.2, -0.15) is 4.98 Å². The van der Waals surface area contributed by atoms with Gasteiger partial charge in [0.05, 0.1) is 6.54 Å². The molecule has 2 aromatic heterocycles. The molecule has 154 valence electrons. The number of hydrogen-bond acceptors (Lipinski definition) is 4. The SMILES string of the molecule is CCC1CCCCC1Nc1nc2c(c(=O)[nH]c(=O)n2C)n1Cc1ccccc1Cl. The van der Waals surface area contributed by atoms with Gasteiger partial charge in [-0.15, -0.1) is 0 Å². The van der Waals surface area contributed by atoms with Gasteiger partial charge in [-0.25, -0.2) is 4.79 Å². The van der Waals surface area contributed by atoms with Crippen LogP contribution in [0.25, 0.3) is 11.2 Å². The van der Waals surface area contributed by atoms with Crippen LogP contribution in [0.5, 0.6) is 0 Å². The van der Waals surface area contributed by atoms with Crippen molar-refractivity contribution in [3.05, 3.63) is 55.7 Å². The normalized spacial score (nSPS) is 19.6. The lowest BCUT2D eigenvalue weighted by Gasteiger charge is -2.32. The van der Waals surface area contributed by atoms with Crippen LogP contribution in [-0.2, 0) is 13.6 Å². The van der Waals surface area contributed by atoms with Crippen molar-refractivity contribution in [3.8, 4) is 0 Å². The lowest BCUT2D eigenvalue weighted by molar-refractivity contribution is 0.315. The number of benzene rings is 1. The maximum Gasteiger partial charge on any atom is 0.329 e. The molecule has 8 heteroatoms. The number of H-pyrrole nitrogens is 1. The molecule has 4 rings (SSSR count). The molecule has 1 aliphatic carbocycles. The summed E-state index contributed by atoms with van der Waals surface area (Å²) < 4.78 is 3.22. The van der Waals surface area contributed by atoms with Gasteiger partial charge in [-0.05, 0) is 30.4 Å². The molecule has 7 nitrogen and oxygen atoms in total. The number of halogens is 1. The molecule has 2 unspecified atom stereocenters. The molecule has 0 spiro atoms. The summed E-state index contributed by atoms with van der Waals surface area (Å²) in [5, 5.41) is 4.22. The number of aryl methyl sites for hydroxylation is 1. The van der Waals surface area contributed by atoms with E-state index in [1.165, 1.54) is 23.8 Å². The quantitative estimate of drug-likeness (QED) is 0.667. The summed E-state index contributed by atoms with van der Waals surface area (Å²) in [4.78, 5) is 31.8. The van der Waals surface area contributed by atoms with Crippen molar-refractivity contribution in [2.45, 2.75) is 51.6 Å². The Labute approximate surface area is 173 Å². The Kier molecular flexibility index (Phi) is 5.50. The number of imidazole rings is 1. The Balaban J connectivity index is 1.85. The number of aromatic nitrogens is 4. The van der Waals surface area contributed by atoms with Crippen LogP contribution in [0.1, 0.15) is 44.6 Å². The number of hydrogen-bond donors (Lipinski definition) is 2. The van der Waals surface area contributed by atoms with Gasteiger partial charge >= 0.3 is 5.69 Å². The highest BCUT2D eigenvalue weighted by Crippen LogP contribution is 2.30. The van der Waals surface area contributed by atoms with E-state index in [1.807, 2.05) is 28.8 Å². The summed E-state index contributed by atoms with van der Waals surface area (Å²) in [5.41, 5.74) is 0.725. The van der Waals surface area contributed by atoms with Gasteiger partial charge in [0.25, 0.3) is 5.56 Å². The first-order valence-electron chi connectivity index (χ1n) is 10.2. The third-order valence-electron chi connectivity index (χ3n) is 6.04. The van der Waals surface area contributed by atoms with Crippen molar-refractivity contribution in [2.24, 2.45) is 13.0 Å². The smallest absolute Gasteiger partial charge is 0.329 e. The minimum atomic E-state index is -0.472. The second-order valence-corrected chi connectivity index (χ2v) is 8.21. The second-order valence-electron chi connectivity index (χ2n) is 7.81. The standard InChI is InChI=1S/C21H26ClN5O2/c1-3-13-8-5-7-11-16(13)23-20-24-18-17(19(28)25-21(29)26(18)2)27(20)12-14-9-4-6-10-15(14)22/h4,6,9-10,13,16H,3,5,7-8,11-12H2,1-2H3,(H,23,24)(H,25,28,29). The first-order chi connectivity index (χ1) is 14.0. The molecule has 2 heterocycles. The summed E-state index contributed by atoms with van der Waals surface area (Å²) >= 11 is 6.38. The molecule has 3 aromatic rings. The van der Waals surface area contributed by atoms with Crippen LogP contribution in [0.4, 0.5) is 5.95 Å². The van der Waals surface area contributed by atoms with Crippen LogP contribution in [0.15, 0.2) is 33.9 Å². The minimum Gasteiger partial charge on any atom is -0.353 e. The van der Waals surface area contributed by atoms with E-state index in [4.69, 9.17) is 11.6 Å². The van der Waals surface area contributed by atoms with Crippen molar-refractivity contribution in [3.63, 3.8) is 0 Å². The van der Waals surface area contributed by atoms with Crippen molar-refractivity contribution in [1.82, 2.24) is 19.1 Å². The molecule has 1 fully saturated rings. The van der Waals surface area contributed by atoms with Gasteiger partial charge in [0.15, 0.2) is 11.2 Å². The molecule has 0 amide bonds. The van der Waals surface area contributed by atoms with E-state index in [2.05, 4.69) is 22.2 Å². The van der Waals surface area contributed by atoms with Crippen molar-refractivity contribution < 1.29 is 0 Å². The average Bonchev–Trinajstić information content (AvgIpc) is 3.07. The van der Waals surface area contributed by atoms with E-state index in [-0.39, 0.29) is 0 Å². The van der Waals surface area contributed by atoms with Gasteiger partial charge in [0.2, 0.25) is 5.95 Å². The minimum absolute atomic E-state index is 0.298. The van der Waals surface area contributed by atoms with E-state index in [0.29, 0.717) is 40.6 Å². The van der Waals surface area contributed by atoms with Gasteiger partial charge in [0, 0.05) is 18.1 Å². The van der Waals surface area contributed by atoms with E-state index >= 15 is 0 Å². The van der Waals surface area contributed by atoms with Gasteiger partial charge in [-0.1, -0.05) is 56.0 Å². The summed E-state index contributed by atoms with van der Waals surface area (Å²) in [5.74, 6) is 1.18. The summed E-state index contributed by atoms with van der Waals surface area (Å²) in [6, 6.07) is 7.86. The number of fused-ring (bicyclic) bond motifs is 1. The van der Waals surface area contributed by atoms with Crippen LogP contribution >= 0.6 is 11.6 Å². The van der Waals surface area contributed by atoms with E-state index in [0.717, 1.165) is 18.4 Å². The van der Waals surface area contributed by atoms with Crippen molar-refractivity contribution >= 4 is 28.7 Å². The van der Waals surface area contributed by atoms with Crippen LogP contribution in [0.2, 0.25) is 5.02 Å². The summed E-state index contributed by atoms with van der Waals surface area (Å²) in [7, 11) is 1.62. The largest absolute Gasteiger partial charge is 0.353 e. The Morgan fingerprint density at radius 3 is 2.76 bits per heavy atom. The number of anilines is 1. The summed E-state index contributed by atoms with van der Waals surface area (Å²) in [6.07, 6.45) is 5.79. The number of nitrogens with zero attached hydrogens (tertiary/aromatic N) is 3. The molecule has 0 radical (unpaired) electrons. The topological polar surface area (TPSA) is 84.7 Å². The molecular weight excluding hydrogens is 390 g/mol. The fraction of sp³-hybridized carbons (Fsp3) is 0.476. The molecule has 1 aromatic carbocycles. The lowest BCUT2D eigenvalue weighted by atomic mass is 9.83. The van der Waals surface area contributed by atoms with Crippen LogP contribution in [0, 0.1) is 5.92 Å². The molecule has 0 aliphatic heterocycles. The number of nitrogens with one attached hydrogen (secondary N) is 2. The maximum absolute atomic E-state index is 12.7. The average molecular weight is 416 g/mol. The highest BCUT2D eigenvalue weighted by molar-refractivity contribution is 6.31. The summed E-state index contributed by atoms with van der Waals surface area (Å²) in [6.45, 7) is 2.61. The molecule has 29 heavy (non-hydrogen) atoms. The highest BCUT2D eigenvalue weighted by Gasteiger charge is 2.26. The van der Waals surface area contributed by atoms with Crippen LogP contribution < -0.4 is 16.6 Å².